The van der Waals surface area contributed by atoms with Gasteiger partial charge in [-0.2, -0.15) is 0 Å². The van der Waals surface area contributed by atoms with E-state index in [1.807, 2.05) is 30.3 Å². The summed E-state index contributed by atoms with van der Waals surface area (Å²) in [6.45, 7) is 0.968. The zero-order valence-corrected chi connectivity index (χ0v) is 12.7. The van der Waals surface area contributed by atoms with E-state index in [4.69, 9.17) is 4.74 Å². The summed E-state index contributed by atoms with van der Waals surface area (Å²) in [6, 6.07) is 13.3. The van der Waals surface area contributed by atoms with E-state index in [-0.39, 0.29) is 5.75 Å². The second kappa shape index (κ2) is 5.99. The molecule has 4 nitrogen and oxygen atoms in total. The van der Waals surface area contributed by atoms with Crippen molar-refractivity contribution in [3.8, 4) is 11.5 Å². The van der Waals surface area contributed by atoms with E-state index >= 15 is 0 Å². The highest BCUT2D eigenvalue weighted by molar-refractivity contribution is 5.40. The zero-order chi connectivity index (χ0) is 15.6. The standard InChI is InChI=1S/C18H21NO3/c1-22-15-7-6-14(17(20)10-15)11-19-12-18(21)9-8-13-4-2-3-5-16(13)18/h2-7,10,19-21H,8-9,11-12H2,1H3. The van der Waals surface area contributed by atoms with Crippen LogP contribution in [-0.4, -0.2) is 23.9 Å². The van der Waals surface area contributed by atoms with Crippen molar-refractivity contribution in [1.82, 2.24) is 5.32 Å². The number of aromatic hydroxyl groups is 1. The number of methoxy groups -OCH3 is 1. The molecule has 22 heavy (non-hydrogen) atoms. The van der Waals surface area contributed by atoms with Crippen molar-refractivity contribution in [3.05, 3.63) is 59.2 Å². The normalized spacial score (nSPS) is 19.9. The molecule has 0 radical (unpaired) electrons. The van der Waals surface area contributed by atoms with Crippen molar-refractivity contribution in [1.29, 1.82) is 0 Å². The Kier molecular flexibility index (Phi) is 4.05. The Hall–Kier alpha value is -2.04. The predicted octanol–water partition coefficient (Wildman–Crippen LogP) is 2.32. The van der Waals surface area contributed by atoms with Gasteiger partial charge >= 0.3 is 0 Å². The topological polar surface area (TPSA) is 61.7 Å². The van der Waals surface area contributed by atoms with Gasteiger partial charge in [0.2, 0.25) is 0 Å². The number of rotatable bonds is 5. The second-order valence-electron chi connectivity index (χ2n) is 5.79. The Morgan fingerprint density at radius 1 is 1.23 bits per heavy atom. The molecule has 116 valence electrons. The first kappa shape index (κ1) is 14.9. The van der Waals surface area contributed by atoms with Gasteiger partial charge in [-0.15, -0.1) is 0 Å². The molecule has 0 fully saturated rings. The molecule has 1 aliphatic carbocycles. The van der Waals surface area contributed by atoms with Gasteiger partial charge in [0.05, 0.1) is 7.11 Å². The number of phenolic OH excluding ortho intramolecular Hbond substituents is 1. The molecule has 1 aliphatic rings. The number of nitrogens with one attached hydrogen (secondary N) is 1. The minimum atomic E-state index is -0.821. The Bertz CT molecular complexity index is 671. The summed E-state index contributed by atoms with van der Waals surface area (Å²) in [6.07, 6.45) is 1.64. The van der Waals surface area contributed by atoms with E-state index in [2.05, 4.69) is 11.4 Å². The summed E-state index contributed by atoms with van der Waals surface area (Å²) >= 11 is 0. The molecule has 2 aromatic carbocycles. The molecule has 2 aromatic rings. The first-order valence-corrected chi connectivity index (χ1v) is 7.50. The fourth-order valence-electron chi connectivity index (χ4n) is 3.08. The smallest absolute Gasteiger partial charge is 0.123 e. The highest BCUT2D eigenvalue weighted by Gasteiger charge is 2.35. The van der Waals surface area contributed by atoms with Crippen molar-refractivity contribution >= 4 is 0 Å². The van der Waals surface area contributed by atoms with Gasteiger partial charge in [0.1, 0.15) is 17.1 Å². The number of hydrogen-bond donors (Lipinski definition) is 3. The third kappa shape index (κ3) is 2.80. The molecule has 3 N–H and O–H groups in total. The lowest BCUT2D eigenvalue weighted by Crippen LogP contribution is -2.36. The van der Waals surface area contributed by atoms with Crippen LogP contribution < -0.4 is 10.1 Å². The SMILES string of the molecule is COc1ccc(CNCC2(O)CCc3ccccc32)c(O)c1. The van der Waals surface area contributed by atoms with Crippen LogP contribution in [0.15, 0.2) is 42.5 Å². The van der Waals surface area contributed by atoms with Gasteiger partial charge in [0, 0.05) is 24.7 Å². The van der Waals surface area contributed by atoms with Crippen LogP contribution in [0.1, 0.15) is 23.1 Å². The van der Waals surface area contributed by atoms with Crippen molar-refractivity contribution in [2.45, 2.75) is 25.0 Å². The van der Waals surface area contributed by atoms with Crippen LogP contribution in [0.3, 0.4) is 0 Å². The second-order valence-corrected chi connectivity index (χ2v) is 5.79. The molecule has 0 heterocycles. The number of aliphatic hydroxyl groups is 1. The molecule has 4 heteroatoms. The number of aryl methyl sites for hydroxylation is 1. The molecule has 0 saturated carbocycles. The first-order valence-electron chi connectivity index (χ1n) is 7.50. The van der Waals surface area contributed by atoms with Gasteiger partial charge in [-0.3, -0.25) is 0 Å². The van der Waals surface area contributed by atoms with Crippen LogP contribution in [0.2, 0.25) is 0 Å². The molecular formula is C18H21NO3. The molecule has 1 atom stereocenters. The maximum absolute atomic E-state index is 10.8. The molecular weight excluding hydrogens is 278 g/mol. The van der Waals surface area contributed by atoms with Gasteiger partial charge in [-0.1, -0.05) is 30.3 Å². The molecule has 0 spiro atoms. The molecule has 3 rings (SSSR count). The minimum Gasteiger partial charge on any atom is -0.507 e. The summed E-state index contributed by atoms with van der Waals surface area (Å²) in [5.74, 6) is 0.829. The first-order chi connectivity index (χ1) is 10.6. The average molecular weight is 299 g/mol. The summed E-state index contributed by atoms with van der Waals surface area (Å²) < 4.78 is 5.07. The Balaban J connectivity index is 1.64. The lowest BCUT2D eigenvalue weighted by Gasteiger charge is -2.24. The number of benzene rings is 2. The fraction of sp³-hybridized carbons (Fsp3) is 0.333. The molecule has 0 aromatic heterocycles. The summed E-state index contributed by atoms with van der Waals surface area (Å²) in [5, 5.41) is 24.0. The molecule has 0 saturated heterocycles. The van der Waals surface area contributed by atoms with Gasteiger partial charge in [-0.25, -0.2) is 0 Å². The number of phenols is 1. The van der Waals surface area contributed by atoms with Crippen molar-refractivity contribution in [3.63, 3.8) is 0 Å². The predicted molar refractivity (Wildman–Crippen MR) is 85.0 cm³/mol. The molecule has 0 bridgehead atoms. The van der Waals surface area contributed by atoms with Crippen LogP contribution in [0.5, 0.6) is 11.5 Å². The number of hydrogen-bond acceptors (Lipinski definition) is 4. The van der Waals surface area contributed by atoms with E-state index in [0.717, 1.165) is 24.0 Å². The average Bonchev–Trinajstić information content (AvgIpc) is 2.87. The lowest BCUT2D eigenvalue weighted by atomic mass is 9.96. The van der Waals surface area contributed by atoms with Crippen molar-refractivity contribution < 1.29 is 14.9 Å². The highest BCUT2D eigenvalue weighted by atomic mass is 16.5. The van der Waals surface area contributed by atoms with E-state index in [9.17, 15) is 10.2 Å². The Morgan fingerprint density at radius 3 is 2.82 bits per heavy atom. The van der Waals surface area contributed by atoms with Gasteiger partial charge in [-0.05, 0) is 30.0 Å². The van der Waals surface area contributed by atoms with E-state index in [1.165, 1.54) is 5.56 Å². The Morgan fingerprint density at radius 2 is 2.05 bits per heavy atom. The maximum Gasteiger partial charge on any atom is 0.123 e. The van der Waals surface area contributed by atoms with Crippen molar-refractivity contribution in [2.75, 3.05) is 13.7 Å². The molecule has 1 unspecified atom stereocenters. The molecule has 0 amide bonds. The highest BCUT2D eigenvalue weighted by Crippen LogP contribution is 2.36. The van der Waals surface area contributed by atoms with Gasteiger partial charge in [0.25, 0.3) is 0 Å². The van der Waals surface area contributed by atoms with Crippen LogP contribution in [0, 0.1) is 0 Å². The van der Waals surface area contributed by atoms with Crippen LogP contribution in [0.4, 0.5) is 0 Å². The fourth-order valence-corrected chi connectivity index (χ4v) is 3.08. The third-order valence-electron chi connectivity index (χ3n) is 4.35. The minimum absolute atomic E-state index is 0.200. The largest absolute Gasteiger partial charge is 0.507 e. The van der Waals surface area contributed by atoms with E-state index in [0.29, 0.717) is 18.8 Å². The quantitative estimate of drug-likeness (QED) is 0.793. The van der Waals surface area contributed by atoms with Crippen LogP contribution >= 0.6 is 0 Å². The lowest BCUT2D eigenvalue weighted by molar-refractivity contribution is 0.0384. The number of fused-ring (bicyclic) bond motifs is 1. The van der Waals surface area contributed by atoms with Crippen molar-refractivity contribution in [2.24, 2.45) is 0 Å². The third-order valence-corrected chi connectivity index (χ3v) is 4.35. The van der Waals surface area contributed by atoms with Gasteiger partial charge in [0.15, 0.2) is 0 Å². The Labute approximate surface area is 130 Å². The summed E-state index contributed by atoms with van der Waals surface area (Å²) in [7, 11) is 1.57. The number of ether oxygens (including phenoxy) is 1. The summed E-state index contributed by atoms with van der Waals surface area (Å²) in [5.41, 5.74) is 2.20. The van der Waals surface area contributed by atoms with E-state index < -0.39 is 5.60 Å². The van der Waals surface area contributed by atoms with E-state index in [1.54, 1.807) is 13.2 Å². The monoisotopic (exact) mass is 299 g/mol. The zero-order valence-electron chi connectivity index (χ0n) is 12.7. The molecule has 0 aliphatic heterocycles. The van der Waals surface area contributed by atoms with Crippen LogP contribution in [-0.2, 0) is 18.6 Å². The summed E-state index contributed by atoms with van der Waals surface area (Å²) in [4.78, 5) is 0. The van der Waals surface area contributed by atoms with Crippen LogP contribution in [0.25, 0.3) is 0 Å². The van der Waals surface area contributed by atoms with Gasteiger partial charge < -0.3 is 20.3 Å². The maximum atomic E-state index is 10.8.